The molecule has 0 unspecified atom stereocenters. The van der Waals surface area contributed by atoms with Crippen molar-refractivity contribution in [3.8, 4) is 0 Å². The summed E-state index contributed by atoms with van der Waals surface area (Å²) in [5.41, 5.74) is 8.65. The fourth-order valence-electron chi connectivity index (χ4n) is 2.10. The topological polar surface area (TPSA) is 69.6 Å². The van der Waals surface area contributed by atoms with E-state index >= 15 is 0 Å². The third-order valence-electron chi connectivity index (χ3n) is 3.01. The van der Waals surface area contributed by atoms with Gasteiger partial charge in [0.15, 0.2) is 16.6 Å². The molecule has 2 aromatic heterocycles. The van der Waals surface area contributed by atoms with E-state index in [0.29, 0.717) is 21.7 Å². The van der Waals surface area contributed by atoms with Crippen molar-refractivity contribution in [3.05, 3.63) is 42.2 Å². The van der Waals surface area contributed by atoms with Crippen LogP contribution in [0.3, 0.4) is 0 Å². The van der Waals surface area contributed by atoms with Crippen LogP contribution >= 0.6 is 11.8 Å². The summed E-state index contributed by atoms with van der Waals surface area (Å²) < 4.78 is 2.01. The van der Waals surface area contributed by atoms with Crippen molar-refractivity contribution in [2.75, 3.05) is 5.73 Å². The van der Waals surface area contributed by atoms with E-state index < -0.39 is 0 Å². The number of fused-ring (bicyclic) bond motifs is 1. The van der Waals surface area contributed by atoms with Gasteiger partial charge in [0, 0.05) is 5.25 Å². The molecular weight excluding hydrogens is 282 g/mol. The van der Waals surface area contributed by atoms with Gasteiger partial charge in [-0.3, -0.25) is 0 Å². The number of anilines is 1. The Labute approximate surface area is 127 Å². The maximum atomic E-state index is 6.00. The minimum absolute atomic E-state index is 0.410. The molecule has 0 aliphatic rings. The summed E-state index contributed by atoms with van der Waals surface area (Å²) in [4.78, 5) is 13.3. The number of nitrogens with zero attached hydrogens (tertiary/aromatic N) is 4. The van der Waals surface area contributed by atoms with E-state index in [4.69, 9.17) is 5.73 Å². The van der Waals surface area contributed by atoms with Gasteiger partial charge >= 0.3 is 0 Å². The highest BCUT2D eigenvalue weighted by atomic mass is 32.2. The molecule has 0 aliphatic heterocycles. The van der Waals surface area contributed by atoms with Crippen LogP contribution < -0.4 is 5.73 Å². The molecular formula is C15H17N5S. The second-order valence-electron chi connectivity index (χ2n) is 5.09. The predicted octanol–water partition coefficient (Wildman–Crippen LogP) is 2.96. The second-order valence-corrected chi connectivity index (χ2v) is 6.63. The fourth-order valence-corrected chi connectivity index (χ4v) is 2.82. The van der Waals surface area contributed by atoms with Crippen molar-refractivity contribution in [2.45, 2.75) is 30.8 Å². The summed E-state index contributed by atoms with van der Waals surface area (Å²) in [6.45, 7) is 4.94. The molecule has 2 N–H and O–H groups in total. The first kappa shape index (κ1) is 13.9. The number of nitrogens with two attached hydrogens (primary N) is 1. The summed E-state index contributed by atoms with van der Waals surface area (Å²) >= 11 is 1.60. The Kier molecular flexibility index (Phi) is 3.79. The largest absolute Gasteiger partial charge is 0.382 e. The molecule has 0 aliphatic carbocycles. The van der Waals surface area contributed by atoms with Crippen LogP contribution in [-0.2, 0) is 6.54 Å². The van der Waals surface area contributed by atoms with Crippen LogP contribution in [-0.4, -0.2) is 24.8 Å². The lowest BCUT2D eigenvalue weighted by atomic mass is 10.2. The molecule has 3 aromatic rings. The second kappa shape index (κ2) is 5.73. The summed E-state index contributed by atoms with van der Waals surface area (Å²) in [5.74, 6) is 0.440. The summed E-state index contributed by atoms with van der Waals surface area (Å²) in [6.07, 6.45) is 1.77. The lowest BCUT2D eigenvalue weighted by Gasteiger charge is -2.07. The monoisotopic (exact) mass is 299 g/mol. The zero-order valence-corrected chi connectivity index (χ0v) is 12.8. The maximum absolute atomic E-state index is 6.00. The third-order valence-corrected chi connectivity index (χ3v) is 3.87. The van der Waals surface area contributed by atoms with Crippen LogP contribution in [0.15, 0.2) is 41.8 Å². The van der Waals surface area contributed by atoms with Crippen molar-refractivity contribution in [3.63, 3.8) is 0 Å². The molecule has 6 heteroatoms. The Morgan fingerprint density at radius 3 is 2.67 bits per heavy atom. The number of thioether (sulfide) groups is 1. The molecule has 5 nitrogen and oxygen atoms in total. The van der Waals surface area contributed by atoms with Gasteiger partial charge in [-0.25, -0.2) is 15.0 Å². The summed E-state index contributed by atoms with van der Waals surface area (Å²) in [5, 5.41) is 1.11. The maximum Gasteiger partial charge on any atom is 0.191 e. The minimum atomic E-state index is 0.410. The Hall–Kier alpha value is -2.08. The smallest absolute Gasteiger partial charge is 0.191 e. The van der Waals surface area contributed by atoms with Crippen LogP contribution in [0.4, 0.5) is 5.82 Å². The standard InChI is InChI=1S/C15H17N5S/c1-10(2)21-15-18-13(16)12-14(19-15)20(9-17-12)8-11-6-4-3-5-7-11/h3-7,9-10H,8H2,1-2H3,(H2,16,18,19). The number of imidazole rings is 1. The number of hydrogen-bond donors (Lipinski definition) is 1. The van der Waals surface area contributed by atoms with Crippen molar-refractivity contribution in [1.29, 1.82) is 0 Å². The number of nitrogen functional groups attached to an aromatic ring is 1. The molecule has 3 rings (SSSR count). The van der Waals surface area contributed by atoms with Crippen LogP contribution in [0.1, 0.15) is 19.4 Å². The fraction of sp³-hybridized carbons (Fsp3) is 0.267. The van der Waals surface area contributed by atoms with Gasteiger partial charge in [-0.2, -0.15) is 0 Å². The van der Waals surface area contributed by atoms with E-state index in [2.05, 4.69) is 40.9 Å². The average Bonchev–Trinajstić information content (AvgIpc) is 2.83. The van der Waals surface area contributed by atoms with Gasteiger partial charge in [-0.15, -0.1) is 0 Å². The summed E-state index contributed by atoms with van der Waals surface area (Å²) in [6, 6.07) is 10.2. The number of benzene rings is 1. The van der Waals surface area contributed by atoms with Crippen LogP contribution in [0, 0.1) is 0 Å². The highest BCUT2D eigenvalue weighted by Gasteiger charge is 2.12. The lowest BCUT2D eigenvalue weighted by Crippen LogP contribution is -2.03. The number of rotatable bonds is 4. The van der Waals surface area contributed by atoms with E-state index in [9.17, 15) is 0 Å². The van der Waals surface area contributed by atoms with Crippen molar-refractivity contribution in [2.24, 2.45) is 0 Å². The normalized spacial score (nSPS) is 11.4. The Morgan fingerprint density at radius 1 is 1.19 bits per heavy atom. The average molecular weight is 299 g/mol. The molecule has 2 heterocycles. The summed E-state index contributed by atoms with van der Waals surface area (Å²) in [7, 11) is 0. The zero-order chi connectivity index (χ0) is 14.8. The van der Waals surface area contributed by atoms with Gasteiger partial charge < -0.3 is 10.3 Å². The molecule has 0 atom stereocenters. The molecule has 21 heavy (non-hydrogen) atoms. The van der Waals surface area contributed by atoms with E-state index in [-0.39, 0.29) is 0 Å². The molecule has 108 valence electrons. The molecule has 0 fully saturated rings. The highest BCUT2D eigenvalue weighted by Crippen LogP contribution is 2.24. The molecule has 0 amide bonds. The molecule has 0 spiro atoms. The van der Waals surface area contributed by atoms with Gasteiger partial charge in [0.25, 0.3) is 0 Å². The van der Waals surface area contributed by atoms with Gasteiger partial charge in [-0.05, 0) is 5.56 Å². The first-order chi connectivity index (χ1) is 10.1. The van der Waals surface area contributed by atoms with E-state index in [1.807, 2.05) is 22.8 Å². The Balaban J connectivity index is 2.01. The number of hydrogen-bond acceptors (Lipinski definition) is 5. The Bertz CT molecular complexity index is 751. The van der Waals surface area contributed by atoms with E-state index in [0.717, 1.165) is 12.2 Å². The molecule has 0 saturated carbocycles. The SMILES string of the molecule is CC(C)Sc1nc(N)c2ncn(Cc3ccccc3)c2n1. The van der Waals surface area contributed by atoms with Crippen LogP contribution in [0.25, 0.3) is 11.2 Å². The Morgan fingerprint density at radius 2 is 1.95 bits per heavy atom. The van der Waals surface area contributed by atoms with Gasteiger partial charge in [0.05, 0.1) is 12.9 Å². The van der Waals surface area contributed by atoms with Crippen molar-refractivity contribution >= 4 is 28.7 Å². The van der Waals surface area contributed by atoms with Crippen molar-refractivity contribution in [1.82, 2.24) is 19.5 Å². The lowest BCUT2D eigenvalue weighted by molar-refractivity contribution is 0.804. The van der Waals surface area contributed by atoms with E-state index in [1.54, 1.807) is 18.1 Å². The first-order valence-electron chi connectivity index (χ1n) is 6.82. The highest BCUT2D eigenvalue weighted by molar-refractivity contribution is 7.99. The van der Waals surface area contributed by atoms with E-state index in [1.165, 1.54) is 5.56 Å². The van der Waals surface area contributed by atoms with Crippen molar-refractivity contribution < 1.29 is 0 Å². The molecule has 0 bridgehead atoms. The first-order valence-corrected chi connectivity index (χ1v) is 7.70. The predicted molar refractivity (Wildman–Crippen MR) is 86.3 cm³/mol. The minimum Gasteiger partial charge on any atom is -0.382 e. The molecule has 1 aromatic carbocycles. The number of aromatic nitrogens is 4. The van der Waals surface area contributed by atoms with Gasteiger partial charge in [0.2, 0.25) is 0 Å². The quantitative estimate of drug-likeness (QED) is 0.592. The van der Waals surface area contributed by atoms with Crippen LogP contribution in [0.2, 0.25) is 0 Å². The molecule has 0 saturated heterocycles. The zero-order valence-electron chi connectivity index (χ0n) is 12.0. The third kappa shape index (κ3) is 3.00. The van der Waals surface area contributed by atoms with Crippen LogP contribution in [0.5, 0.6) is 0 Å². The van der Waals surface area contributed by atoms with Gasteiger partial charge in [0.1, 0.15) is 5.52 Å². The van der Waals surface area contributed by atoms with Gasteiger partial charge in [-0.1, -0.05) is 55.9 Å². The molecule has 0 radical (unpaired) electrons.